The largest absolute Gasteiger partial charge is 0.382 e. The molecule has 0 radical (unpaired) electrons. The van der Waals surface area contributed by atoms with Crippen LogP contribution in [0.3, 0.4) is 0 Å². The van der Waals surface area contributed by atoms with Crippen molar-refractivity contribution in [1.29, 1.82) is 0 Å². The van der Waals surface area contributed by atoms with E-state index in [1.54, 1.807) is 19.2 Å². The van der Waals surface area contributed by atoms with E-state index in [9.17, 15) is 8.42 Å². The summed E-state index contributed by atoms with van der Waals surface area (Å²) in [6.45, 7) is 4.26. The van der Waals surface area contributed by atoms with Crippen molar-refractivity contribution in [2.45, 2.75) is 56.4 Å². The monoisotopic (exact) mass is 630 g/mol. The highest BCUT2D eigenvalue weighted by Gasteiger charge is 2.34. The van der Waals surface area contributed by atoms with Gasteiger partial charge in [0.05, 0.1) is 28.2 Å². The zero-order valence-electron chi connectivity index (χ0n) is 25.6. The number of hydrogen-bond acceptors (Lipinski definition) is 6. The second-order valence-corrected chi connectivity index (χ2v) is 14.9. The minimum Gasteiger partial charge on any atom is -0.382 e. The van der Waals surface area contributed by atoms with Crippen LogP contribution in [0.15, 0.2) is 73.0 Å². The molecule has 2 aromatic heterocycles. The van der Waals surface area contributed by atoms with Crippen LogP contribution < -0.4 is 15.4 Å². The molecule has 3 N–H and O–H groups in total. The van der Waals surface area contributed by atoms with Gasteiger partial charge in [0, 0.05) is 30.0 Å². The fourth-order valence-corrected chi connectivity index (χ4v) is 8.41. The van der Waals surface area contributed by atoms with E-state index in [0.717, 1.165) is 58.3 Å². The number of nitrogen functional groups attached to an aromatic ring is 1. The molecule has 10 heteroatoms. The average Bonchev–Trinajstić information content (AvgIpc) is 3.42. The van der Waals surface area contributed by atoms with Crippen LogP contribution >= 0.6 is 11.6 Å². The minimum atomic E-state index is -3.76. The van der Waals surface area contributed by atoms with Gasteiger partial charge in [-0.1, -0.05) is 68.5 Å². The van der Waals surface area contributed by atoms with E-state index < -0.39 is 14.9 Å². The molecular weight excluding hydrogens is 592 g/mol. The Labute approximate surface area is 264 Å². The van der Waals surface area contributed by atoms with Gasteiger partial charge in [-0.05, 0) is 55.8 Å². The van der Waals surface area contributed by atoms with Crippen molar-refractivity contribution in [2.75, 3.05) is 29.9 Å². The van der Waals surface area contributed by atoms with Gasteiger partial charge in [0.2, 0.25) is 10.0 Å². The standard InChI is InChI=1S/C34H39ClN6O2S/c1-22(2)33-39-30(31-32(36)38-20-29(41(31)33)23-12-14-24(37-3)15-13-23)27-16-17-28(26-11-7-6-10-25(26)27)40(4)44(42,43)21-34(35)18-8-5-9-19-34/h5-12,16-18,20,22,24,37H,13-15,19,21H2,1-4H3,(H2,36,38). The molecular formula is C34H39ClN6O2S. The number of sulfonamides is 1. The quantitative estimate of drug-likeness (QED) is 0.211. The number of halogens is 1. The number of rotatable bonds is 8. The van der Waals surface area contributed by atoms with E-state index >= 15 is 0 Å². The van der Waals surface area contributed by atoms with Gasteiger partial charge in [-0.25, -0.2) is 18.4 Å². The van der Waals surface area contributed by atoms with Crippen molar-refractivity contribution in [3.05, 3.63) is 84.5 Å². The van der Waals surface area contributed by atoms with Crippen molar-refractivity contribution < 1.29 is 8.42 Å². The molecule has 0 aliphatic heterocycles. The van der Waals surface area contributed by atoms with Crippen LogP contribution in [0, 0.1) is 0 Å². The molecule has 2 unspecified atom stereocenters. The van der Waals surface area contributed by atoms with Gasteiger partial charge in [0.25, 0.3) is 0 Å². The molecule has 2 heterocycles. The molecule has 4 aromatic rings. The number of benzene rings is 2. The Morgan fingerprint density at radius 1 is 1.18 bits per heavy atom. The Kier molecular flexibility index (Phi) is 8.07. The lowest BCUT2D eigenvalue weighted by atomic mass is 9.93. The molecule has 230 valence electrons. The van der Waals surface area contributed by atoms with E-state index in [2.05, 4.69) is 34.6 Å². The number of anilines is 2. The highest BCUT2D eigenvalue weighted by molar-refractivity contribution is 7.92. The number of alkyl halides is 1. The molecule has 2 aliphatic rings. The third kappa shape index (κ3) is 5.42. The maximum absolute atomic E-state index is 13.7. The topological polar surface area (TPSA) is 106 Å². The van der Waals surface area contributed by atoms with Crippen LogP contribution in [0.25, 0.3) is 33.1 Å². The van der Waals surface area contributed by atoms with Crippen LogP contribution in [-0.2, 0) is 10.0 Å². The second-order valence-electron chi connectivity index (χ2n) is 12.1. The number of hydrogen-bond donors (Lipinski definition) is 2. The van der Waals surface area contributed by atoms with E-state index in [0.29, 0.717) is 24.0 Å². The van der Waals surface area contributed by atoms with Gasteiger partial charge >= 0.3 is 0 Å². The normalized spacial score (nSPS) is 20.5. The molecule has 0 saturated carbocycles. The molecule has 0 saturated heterocycles. The Bertz CT molecular complexity index is 1940. The number of nitrogens with zero attached hydrogens (tertiary/aromatic N) is 4. The van der Waals surface area contributed by atoms with Crippen LogP contribution in [0.1, 0.15) is 57.0 Å². The number of aromatic nitrogens is 3. The van der Waals surface area contributed by atoms with Crippen LogP contribution in [0.2, 0.25) is 0 Å². The van der Waals surface area contributed by atoms with E-state index in [1.807, 2.05) is 61.8 Å². The lowest BCUT2D eigenvalue weighted by Gasteiger charge is -2.28. The number of nitrogens with two attached hydrogens (primary N) is 1. The zero-order chi connectivity index (χ0) is 31.2. The summed E-state index contributed by atoms with van der Waals surface area (Å²) in [5.41, 5.74) is 11.8. The molecule has 0 fully saturated rings. The minimum absolute atomic E-state index is 0.124. The summed E-state index contributed by atoms with van der Waals surface area (Å²) in [5.74, 6) is 1.22. The zero-order valence-corrected chi connectivity index (χ0v) is 27.2. The Balaban J connectivity index is 1.49. The summed E-state index contributed by atoms with van der Waals surface area (Å²) in [5, 5.41) is 5.06. The Morgan fingerprint density at radius 3 is 2.61 bits per heavy atom. The number of allylic oxidation sites excluding steroid dienone is 5. The van der Waals surface area contributed by atoms with E-state index in [-0.39, 0.29) is 11.7 Å². The number of imidazole rings is 1. The highest BCUT2D eigenvalue weighted by atomic mass is 35.5. The predicted molar refractivity (Wildman–Crippen MR) is 183 cm³/mol. The first kappa shape index (κ1) is 30.4. The van der Waals surface area contributed by atoms with Gasteiger partial charge in [0.15, 0.2) is 0 Å². The first-order valence-electron chi connectivity index (χ1n) is 15.1. The van der Waals surface area contributed by atoms with Crippen molar-refractivity contribution >= 4 is 55.0 Å². The summed E-state index contributed by atoms with van der Waals surface area (Å²) in [7, 11) is -0.159. The van der Waals surface area contributed by atoms with Crippen molar-refractivity contribution in [2.24, 2.45) is 0 Å². The fourth-order valence-electron chi connectivity index (χ4n) is 6.36. The third-order valence-corrected chi connectivity index (χ3v) is 11.3. The number of nitrogens with one attached hydrogen (secondary N) is 1. The van der Waals surface area contributed by atoms with Gasteiger partial charge in [-0.15, -0.1) is 11.6 Å². The fraction of sp³-hybridized carbons (Fsp3) is 0.353. The Hall–Kier alpha value is -3.66. The average molecular weight is 631 g/mol. The first-order valence-corrected chi connectivity index (χ1v) is 17.1. The molecule has 2 atom stereocenters. The molecule has 0 spiro atoms. The van der Waals surface area contributed by atoms with Crippen molar-refractivity contribution in [3.8, 4) is 11.3 Å². The van der Waals surface area contributed by atoms with Crippen molar-refractivity contribution in [1.82, 2.24) is 19.7 Å². The van der Waals surface area contributed by atoms with Gasteiger partial charge in [-0.3, -0.25) is 8.71 Å². The SMILES string of the molecule is CNC1CC=C(c2cnc(N)c3c(-c4ccc(N(C)S(=O)(=O)CC5(Cl)C=CC=CC5)c5ccccc45)nc(C(C)C)n23)CC1. The predicted octanol–water partition coefficient (Wildman–Crippen LogP) is 6.67. The van der Waals surface area contributed by atoms with Crippen LogP contribution in [0.4, 0.5) is 11.5 Å². The Morgan fingerprint density at radius 2 is 1.95 bits per heavy atom. The van der Waals surface area contributed by atoms with Gasteiger partial charge in [-0.2, -0.15) is 0 Å². The van der Waals surface area contributed by atoms with Crippen LogP contribution in [-0.4, -0.2) is 53.6 Å². The summed E-state index contributed by atoms with van der Waals surface area (Å²) in [6, 6.07) is 12.1. The molecule has 0 bridgehead atoms. The summed E-state index contributed by atoms with van der Waals surface area (Å²) < 4.78 is 30.9. The lowest BCUT2D eigenvalue weighted by molar-refractivity contribution is 0.522. The molecule has 0 amide bonds. The van der Waals surface area contributed by atoms with Crippen LogP contribution in [0.5, 0.6) is 0 Å². The first-order chi connectivity index (χ1) is 21.0. The molecule has 6 rings (SSSR count). The highest BCUT2D eigenvalue weighted by Crippen LogP contribution is 2.41. The maximum Gasteiger partial charge on any atom is 0.236 e. The van der Waals surface area contributed by atoms with Crippen molar-refractivity contribution in [3.63, 3.8) is 0 Å². The van der Waals surface area contributed by atoms with Gasteiger partial charge in [0.1, 0.15) is 22.9 Å². The molecule has 8 nitrogen and oxygen atoms in total. The number of fused-ring (bicyclic) bond motifs is 2. The maximum atomic E-state index is 13.7. The lowest BCUT2D eigenvalue weighted by Crippen LogP contribution is -2.38. The summed E-state index contributed by atoms with van der Waals surface area (Å²) in [4.78, 5) is 8.88. The second kappa shape index (κ2) is 11.7. The van der Waals surface area contributed by atoms with Gasteiger partial charge < -0.3 is 11.1 Å². The smallest absolute Gasteiger partial charge is 0.236 e. The molecule has 2 aromatic carbocycles. The third-order valence-electron chi connectivity index (χ3n) is 8.81. The molecule has 44 heavy (non-hydrogen) atoms. The summed E-state index contributed by atoms with van der Waals surface area (Å²) >= 11 is 6.72. The van der Waals surface area contributed by atoms with E-state index in [1.165, 1.54) is 9.88 Å². The molecule has 2 aliphatic carbocycles. The van der Waals surface area contributed by atoms with E-state index in [4.69, 9.17) is 22.3 Å². The summed E-state index contributed by atoms with van der Waals surface area (Å²) in [6.07, 6.45) is 14.9.